The number of nitrogens with one attached hydrogen (secondary N) is 1. The smallest absolute Gasteiger partial charge is 0.135 e. The molecule has 0 unspecified atom stereocenters. The zero-order valence-corrected chi connectivity index (χ0v) is 12.7. The van der Waals surface area contributed by atoms with Gasteiger partial charge in [-0.2, -0.15) is 0 Å². The van der Waals surface area contributed by atoms with Crippen molar-refractivity contribution in [2.45, 2.75) is 13.1 Å². The van der Waals surface area contributed by atoms with Crippen LogP contribution in [0.1, 0.15) is 11.5 Å². The summed E-state index contributed by atoms with van der Waals surface area (Å²) < 4.78 is 11.0. The number of hydrogen-bond acceptors (Lipinski definition) is 3. The first-order valence-electron chi connectivity index (χ1n) is 6.39. The van der Waals surface area contributed by atoms with E-state index >= 15 is 0 Å². The van der Waals surface area contributed by atoms with E-state index in [2.05, 4.69) is 5.32 Å². The molecule has 110 valence electrons. The van der Waals surface area contributed by atoms with E-state index in [0.29, 0.717) is 18.1 Å². The van der Waals surface area contributed by atoms with Crippen LogP contribution in [-0.2, 0) is 13.1 Å². The second-order valence-electron chi connectivity index (χ2n) is 4.43. The lowest BCUT2D eigenvalue weighted by molar-refractivity contribution is -0.00000502. The fourth-order valence-electron chi connectivity index (χ4n) is 2.00. The Balaban J connectivity index is 0.00000161. The molecule has 0 aliphatic carbocycles. The lowest BCUT2D eigenvalue weighted by Crippen LogP contribution is -3.00. The van der Waals surface area contributed by atoms with E-state index in [-0.39, 0.29) is 12.4 Å². The summed E-state index contributed by atoms with van der Waals surface area (Å²) in [6, 6.07) is 15.3. The molecule has 0 saturated carbocycles. The van der Waals surface area contributed by atoms with Crippen LogP contribution in [0.4, 0.5) is 0 Å². The second kappa shape index (κ2) is 7.36. The first-order chi connectivity index (χ1) is 9.83. The van der Waals surface area contributed by atoms with Crippen LogP contribution in [0.5, 0.6) is 0 Å². The van der Waals surface area contributed by atoms with Crippen molar-refractivity contribution in [2.24, 2.45) is 0 Å². The molecule has 1 aromatic carbocycles. The van der Waals surface area contributed by atoms with E-state index in [0.717, 1.165) is 22.8 Å². The fourth-order valence-corrected chi connectivity index (χ4v) is 2.23. The van der Waals surface area contributed by atoms with Crippen LogP contribution in [0.3, 0.4) is 0 Å². The van der Waals surface area contributed by atoms with E-state index in [9.17, 15) is 0 Å². The summed E-state index contributed by atoms with van der Waals surface area (Å²) in [5.41, 5.74) is 0.909. The van der Waals surface area contributed by atoms with Crippen molar-refractivity contribution in [3.8, 4) is 11.3 Å². The predicted molar refractivity (Wildman–Crippen MR) is 78.4 cm³/mol. The van der Waals surface area contributed by atoms with Crippen molar-refractivity contribution >= 4 is 11.6 Å². The molecule has 0 radical (unpaired) electrons. The van der Waals surface area contributed by atoms with Gasteiger partial charge in [0.15, 0.2) is 0 Å². The van der Waals surface area contributed by atoms with Gasteiger partial charge in [-0.3, -0.25) is 0 Å². The molecule has 21 heavy (non-hydrogen) atoms. The Hall–Kier alpha value is -1.68. The van der Waals surface area contributed by atoms with Crippen molar-refractivity contribution in [1.82, 2.24) is 5.32 Å². The van der Waals surface area contributed by atoms with Crippen molar-refractivity contribution in [3.05, 3.63) is 71.3 Å². The lowest BCUT2D eigenvalue weighted by atomic mass is 10.2. The highest BCUT2D eigenvalue weighted by Crippen LogP contribution is 2.28. The number of benzene rings is 1. The van der Waals surface area contributed by atoms with Gasteiger partial charge >= 0.3 is 0 Å². The highest BCUT2D eigenvalue weighted by Gasteiger charge is 2.07. The van der Waals surface area contributed by atoms with E-state index in [1.165, 1.54) is 0 Å². The van der Waals surface area contributed by atoms with Crippen LogP contribution in [0.15, 0.2) is 63.6 Å². The van der Waals surface area contributed by atoms with E-state index in [4.69, 9.17) is 20.4 Å². The molecular formula is C16H14Cl2NO2-. The molecule has 0 saturated heterocycles. The molecule has 3 rings (SSSR count). The number of halogens is 2. The molecule has 0 amide bonds. The maximum absolute atomic E-state index is 6.15. The maximum atomic E-state index is 6.15. The minimum absolute atomic E-state index is 0. The third-order valence-corrected chi connectivity index (χ3v) is 3.31. The number of rotatable bonds is 5. The van der Waals surface area contributed by atoms with Crippen LogP contribution in [0.2, 0.25) is 5.02 Å². The van der Waals surface area contributed by atoms with E-state index in [1.807, 2.05) is 48.5 Å². The highest BCUT2D eigenvalue weighted by atomic mass is 35.5. The summed E-state index contributed by atoms with van der Waals surface area (Å²) in [6.45, 7) is 1.32. The molecular weight excluding hydrogens is 309 g/mol. The van der Waals surface area contributed by atoms with Gasteiger partial charge in [0, 0.05) is 5.56 Å². The zero-order chi connectivity index (χ0) is 13.8. The minimum atomic E-state index is 0. The van der Waals surface area contributed by atoms with E-state index in [1.54, 1.807) is 6.26 Å². The van der Waals surface area contributed by atoms with Gasteiger partial charge in [0.05, 0.1) is 24.4 Å². The van der Waals surface area contributed by atoms with Crippen molar-refractivity contribution < 1.29 is 21.2 Å². The van der Waals surface area contributed by atoms with Gasteiger partial charge in [0.2, 0.25) is 0 Å². The van der Waals surface area contributed by atoms with Crippen LogP contribution < -0.4 is 17.7 Å². The first kappa shape index (κ1) is 15.7. The molecule has 3 nitrogen and oxygen atoms in total. The zero-order valence-electron chi connectivity index (χ0n) is 11.2. The highest BCUT2D eigenvalue weighted by molar-refractivity contribution is 6.33. The fraction of sp³-hybridized carbons (Fsp3) is 0.125. The molecule has 2 aromatic heterocycles. The summed E-state index contributed by atoms with van der Waals surface area (Å²) in [7, 11) is 0. The molecule has 0 spiro atoms. The largest absolute Gasteiger partial charge is 1.00 e. The van der Waals surface area contributed by atoms with Gasteiger partial charge in [-0.25, -0.2) is 0 Å². The Morgan fingerprint density at radius 2 is 1.71 bits per heavy atom. The molecule has 1 N–H and O–H groups in total. The summed E-state index contributed by atoms with van der Waals surface area (Å²) in [4.78, 5) is 0. The van der Waals surface area contributed by atoms with Crippen molar-refractivity contribution in [1.29, 1.82) is 0 Å². The normalized spacial score (nSPS) is 10.3. The third-order valence-electron chi connectivity index (χ3n) is 2.98. The lowest BCUT2D eigenvalue weighted by Gasteiger charge is -2.01. The SMILES string of the molecule is Clc1ccccc1-c1ccc(CNCc2ccco2)o1.[Cl-]. The van der Waals surface area contributed by atoms with Gasteiger partial charge < -0.3 is 26.6 Å². The molecule has 0 fully saturated rings. The summed E-state index contributed by atoms with van der Waals surface area (Å²) in [5, 5.41) is 3.95. The van der Waals surface area contributed by atoms with Gasteiger partial charge in [0.1, 0.15) is 17.3 Å². The van der Waals surface area contributed by atoms with Crippen LogP contribution in [-0.4, -0.2) is 0 Å². The molecule has 0 aliphatic rings. The third kappa shape index (κ3) is 3.91. The minimum Gasteiger partial charge on any atom is -1.00 e. The molecule has 0 aliphatic heterocycles. The van der Waals surface area contributed by atoms with Gasteiger partial charge in [-0.1, -0.05) is 23.7 Å². The number of hydrogen-bond donors (Lipinski definition) is 1. The Labute approximate surface area is 134 Å². The topological polar surface area (TPSA) is 38.3 Å². The predicted octanol–water partition coefficient (Wildman–Crippen LogP) is 1.49. The van der Waals surface area contributed by atoms with E-state index < -0.39 is 0 Å². The van der Waals surface area contributed by atoms with Crippen LogP contribution >= 0.6 is 11.6 Å². The Bertz CT molecular complexity index is 677. The molecule has 5 heteroatoms. The quantitative estimate of drug-likeness (QED) is 0.773. The van der Waals surface area contributed by atoms with Crippen molar-refractivity contribution in [2.75, 3.05) is 0 Å². The van der Waals surface area contributed by atoms with Gasteiger partial charge in [-0.15, -0.1) is 0 Å². The van der Waals surface area contributed by atoms with Crippen LogP contribution in [0, 0.1) is 0 Å². The second-order valence-corrected chi connectivity index (χ2v) is 4.84. The average molecular weight is 323 g/mol. The average Bonchev–Trinajstić information content (AvgIpc) is 3.11. The Kier molecular flexibility index (Phi) is 5.51. The first-order valence-corrected chi connectivity index (χ1v) is 6.77. The standard InChI is InChI=1S/C16H14ClNO2.ClH/c17-15-6-2-1-5-14(15)16-8-7-13(20-16)11-18-10-12-4-3-9-19-12;/h1-9,18H,10-11H2;1H/p-1. The maximum Gasteiger partial charge on any atom is 0.135 e. The monoisotopic (exact) mass is 322 g/mol. The summed E-state index contributed by atoms with van der Waals surface area (Å²) in [5.74, 6) is 2.56. The van der Waals surface area contributed by atoms with Gasteiger partial charge in [-0.05, 0) is 36.4 Å². The summed E-state index contributed by atoms with van der Waals surface area (Å²) in [6.07, 6.45) is 1.67. The van der Waals surface area contributed by atoms with Gasteiger partial charge in [0.25, 0.3) is 0 Å². The van der Waals surface area contributed by atoms with Crippen LogP contribution in [0.25, 0.3) is 11.3 Å². The molecule has 0 bridgehead atoms. The molecule has 2 heterocycles. The van der Waals surface area contributed by atoms with Crippen molar-refractivity contribution in [3.63, 3.8) is 0 Å². The number of furan rings is 2. The Morgan fingerprint density at radius 3 is 2.48 bits per heavy atom. The Morgan fingerprint density at radius 1 is 0.905 bits per heavy atom. The summed E-state index contributed by atoms with van der Waals surface area (Å²) >= 11 is 6.15. The molecule has 3 aromatic rings. The molecule has 0 atom stereocenters.